The van der Waals surface area contributed by atoms with Gasteiger partial charge in [-0.2, -0.15) is 5.11 Å². The molecule has 3 nitrogen and oxygen atoms in total. The molecule has 0 aromatic rings. The van der Waals surface area contributed by atoms with Crippen molar-refractivity contribution in [2.24, 2.45) is 10.3 Å². The van der Waals surface area contributed by atoms with E-state index < -0.39 is 0 Å². The maximum atomic E-state index is 3.63. The van der Waals surface area contributed by atoms with Gasteiger partial charge in [0.05, 0.1) is 7.05 Å². The lowest BCUT2D eigenvalue weighted by Crippen LogP contribution is -1.99. The summed E-state index contributed by atoms with van der Waals surface area (Å²) < 4.78 is 0. The smallest absolute Gasteiger partial charge is 0.0509 e. The fraction of sp³-hybridized carbons (Fsp3) is 0.714. The maximum Gasteiger partial charge on any atom is 0.0509 e. The summed E-state index contributed by atoms with van der Waals surface area (Å²) in [6.07, 6.45) is 4.37. The van der Waals surface area contributed by atoms with E-state index in [1.807, 2.05) is 6.92 Å². The summed E-state index contributed by atoms with van der Waals surface area (Å²) in [5, 5.41) is 7.19. The zero-order valence-electron chi connectivity index (χ0n) is 6.89. The molecular formula is C7H15N3. The molecule has 0 bridgehead atoms. The number of hydrogen-bond acceptors (Lipinski definition) is 2. The van der Waals surface area contributed by atoms with Crippen molar-refractivity contribution in [1.29, 1.82) is 0 Å². The number of allylic oxidation sites excluding steroid dienone is 2. The van der Waals surface area contributed by atoms with Crippen molar-refractivity contribution >= 4 is 0 Å². The summed E-state index contributed by atoms with van der Waals surface area (Å²) in [7, 11) is 1.64. The largest absolute Gasteiger partial charge is 0.265 e. The summed E-state index contributed by atoms with van der Waals surface area (Å²) >= 11 is 0. The first-order chi connectivity index (χ1) is 4.81. The molecule has 1 N–H and O–H groups in total. The Bertz CT molecular complexity index is 127. The summed E-state index contributed by atoms with van der Waals surface area (Å²) in [6, 6.07) is 0. The summed E-state index contributed by atoms with van der Waals surface area (Å²) in [5.41, 5.74) is 3.85. The highest BCUT2D eigenvalue weighted by molar-refractivity contribution is 4.93. The third kappa shape index (κ3) is 5.28. The number of unbranched alkanes of at least 4 members (excludes halogenated alkanes) is 1. The second-order valence-corrected chi connectivity index (χ2v) is 2.09. The Kier molecular flexibility index (Phi) is 5.72. The Balaban J connectivity index is 3.49. The SMILES string of the molecule is CCC/C=C(\C)NN=NC. The highest BCUT2D eigenvalue weighted by Crippen LogP contribution is 1.93. The fourth-order valence-corrected chi connectivity index (χ4v) is 0.535. The van der Waals surface area contributed by atoms with Gasteiger partial charge in [-0.3, -0.25) is 5.43 Å². The zero-order chi connectivity index (χ0) is 7.82. The van der Waals surface area contributed by atoms with E-state index >= 15 is 0 Å². The lowest BCUT2D eigenvalue weighted by atomic mass is 10.3. The number of rotatable bonds is 4. The van der Waals surface area contributed by atoms with Crippen LogP contribution >= 0.6 is 0 Å². The van der Waals surface area contributed by atoms with E-state index in [2.05, 4.69) is 28.8 Å². The molecule has 0 heterocycles. The normalized spacial score (nSPS) is 12.5. The molecule has 0 saturated carbocycles. The third-order valence-corrected chi connectivity index (χ3v) is 1.07. The molecule has 0 aromatic heterocycles. The van der Waals surface area contributed by atoms with Crippen LogP contribution in [0.2, 0.25) is 0 Å². The molecule has 3 heteroatoms. The van der Waals surface area contributed by atoms with E-state index in [1.165, 1.54) is 6.42 Å². The van der Waals surface area contributed by atoms with Gasteiger partial charge in [-0.1, -0.05) is 24.6 Å². The molecule has 0 aromatic carbocycles. The predicted octanol–water partition coefficient (Wildman–Crippen LogP) is 2.28. The van der Waals surface area contributed by atoms with Gasteiger partial charge in [-0.05, 0) is 13.3 Å². The second-order valence-electron chi connectivity index (χ2n) is 2.09. The molecule has 0 saturated heterocycles. The highest BCUT2D eigenvalue weighted by Gasteiger charge is 1.81. The van der Waals surface area contributed by atoms with Gasteiger partial charge < -0.3 is 0 Å². The Hall–Kier alpha value is -0.860. The molecule has 0 radical (unpaired) electrons. The average molecular weight is 141 g/mol. The Morgan fingerprint density at radius 2 is 2.30 bits per heavy atom. The van der Waals surface area contributed by atoms with Gasteiger partial charge in [0.15, 0.2) is 0 Å². The van der Waals surface area contributed by atoms with Gasteiger partial charge in [-0.15, -0.1) is 0 Å². The van der Waals surface area contributed by atoms with Crippen LogP contribution in [-0.4, -0.2) is 7.05 Å². The van der Waals surface area contributed by atoms with Crippen LogP contribution in [0.1, 0.15) is 26.7 Å². The molecule has 0 unspecified atom stereocenters. The van der Waals surface area contributed by atoms with Gasteiger partial charge in [0.25, 0.3) is 0 Å². The van der Waals surface area contributed by atoms with Crippen molar-refractivity contribution in [1.82, 2.24) is 5.43 Å². The monoisotopic (exact) mass is 141 g/mol. The van der Waals surface area contributed by atoms with E-state index in [1.54, 1.807) is 7.05 Å². The van der Waals surface area contributed by atoms with Crippen LogP contribution in [0, 0.1) is 0 Å². The first-order valence-electron chi connectivity index (χ1n) is 3.52. The van der Waals surface area contributed by atoms with Crippen LogP contribution in [0.15, 0.2) is 22.1 Å². The Morgan fingerprint density at radius 3 is 2.80 bits per heavy atom. The van der Waals surface area contributed by atoms with Crippen LogP contribution in [0.25, 0.3) is 0 Å². The van der Waals surface area contributed by atoms with Gasteiger partial charge >= 0.3 is 0 Å². The van der Waals surface area contributed by atoms with Crippen LogP contribution in [0.5, 0.6) is 0 Å². The first kappa shape index (κ1) is 9.14. The minimum atomic E-state index is 1.06. The minimum absolute atomic E-state index is 1.06. The summed E-state index contributed by atoms with van der Waals surface area (Å²) in [6.45, 7) is 4.12. The zero-order valence-corrected chi connectivity index (χ0v) is 6.89. The molecule has 0 aliphatic carbocycles. The van der Waals surface area contributed by atoms with Crippen molar-refractivity contribution in [2.75, 3.05) is 7.05 Å². The lowest BCUT2D eigenvalue weighted by molar-refractivity contribution is 0.788. The molecular weight excluding hydrogens is 126 g/mol. The van der Waals surface area contributed by atoms with Crippen molar-refractivity contribution in [3.8, 4) is 0 Å². The first-order valence-corrected chi connectivity index (χ1v) is 3.52. The van der Waals surface area contributed by atoms with E-state index in [-0.39, 0.29) is 0 Å². The van der Waals surface area contributed by atoms with E-state index in [4.69, 9.17) is 0 Å². The van der Waals surface area contributed by atoms with Crippen LogP contribution in [0.3, 0.4) is 0 Å². The molecule has 0 spiro atoms. The van der Waals surface area contributed by atoms with Gasteiger partial charge in [0.2, 0.25) is 0 Å². The number of nitrogens with one attached hydrogen (secondary N) is 1. The lowest BCUT2D eigenvalue weighted by Gasteiger charge is -1.95. The standard InChI is InChI=1S/C7H15N3/c1-4-5-6-7(2)9-10-8-3/h6H,4-5H2,1-3H3,(H,8,9)/b7-6+. The quantitative estimate of drug-likeness (QED) is 0.473. The van der Waals surface area contributed by atoms with Crippen molar-refractivity contribution < 1.29 is 0 Å². The molecule has 0 aliphatic heterocycles. The minimum Gasteiger partial charge on any atom is -0.265 e. The predicted molar refractivity (Wildman–Crippen MR) is 42.6 cm³/mol. The summed E-state index contributed by atoms with van der Waals surface area (Å²) in [5.74, 6) is 0. The molecule has 0 fully saturated rings. The average Bonchev–Trinajstić information content (AvgIpc) is 1.97. The van der Waals surface area contributed by atoms with Crippen LogP contribution < -0.4 is 5.43 Å². The van der Waals surface area contributed by atoms with Crippen LogP contribution in [0.4, 0.5) is 0 Å². The topological polar surface area (TPSA) is 36.8 Å². The van der Waals surface area contributed by atoms with Crippen molar-refractivity contribution in [3.05, 3.63) is 11.8 Å². The maximum absolute atomic E-state index is 3.63. The highest BCUT2D eigenvalue weighted by atomic mass is 15.4. The molecule has 0 rings (SSSR count). The van der Waals surface area contributed by atoms with E-state index in [0.29, 0.717) is 0 Å². The number of hydrogen-bond donors (Lipinski definition) is 1. The molecule has 58 valence electrons. The van der Waals surface area contributed by atoms with Crippen molar-refractivity contribution in [2.45, 2.75) is 26.7 Å². The molecule has 0 aliphatic rings. The molecule has 10 heavy (non-hydrogen) atoms. The third-order valence-electron chi connectivity index (χ3n) is 1.07. The van der Waals surface area contributed by atoms with Gasteiger partial charge in [-0.25, -0.2) is 0 Å². The van der Waals surface area contributed by atoms with E-state index in [0.717, 1.165) is 12.1 Å². The fourth-order valence-electron chi connectivity index (χ4n) is 0.535. The number of nitrogens with zero attached hydrogens (tertiary/aromatic N) is 2. The Morgan fingerprint density at radius 1 is 1.60 bits per heavy atom. The van der Waals surface area contributed by atoms with E-state index in [9.17, 15) is 0 Å². The van der Waals surface area contributed by atoms with Gasteiger partial charge in [0.1, 0.15) is 0 Å². The molecule has 0 amide bonds. The molecule has 0 atom stereocenters. The van der Waals surface area contributed by atoms with Crippen molar-refractivity contribution in [3.63, 3.8) is 0 Å². The van der Waals surface area contributed by atoms with Gasteiger partial charge in [0, 0.05) is 5.70 Å². The Labute approximate surface area is 62.2 Å². The summed E-state index contributed by atoms with van der Waals surface area (Å²) in [4.78, 5) is 0. The second kappa shape index (κ2) is 6.26. The van der Waals surface area contributed by atoms with Crippen LogP contribution in [-0.2, 0) is 0 Å².